The number of nitrogens with one attached hydrogen (secondary N) is 3. The first-order valence-electron chi connectivity index (χ1n) is 12.1. The van der Waals surface area contributed by atoms with E-state index in [2.05, 4.69) is 22.5 Å². The predicted octanol–water partition coefficient (Wildman–Crippen LogP) is 4.20. The molecule has 0 radical (unpaired) electrons. The van der Waals surface area contributed by atoms with E-state index in [4.69, 9.17) is 4.74 Å². The quantitative estimate of drug-likeness (QED) is 0.528. The average molecular weight is 514 g/mol. The van der Waals surface area contributed by atoms with E-state index in [1.807, 2.05) is 5.32 Å². The van der Waals surface area contributed by atoms with Crippen LogP contribution in [0.2, 0.25) is 0 Å². The summed E-state index contributed by atoms with van der Waals surface area (Å²) in [5, 5.41) is 7.30. The van der Waals surface area contributed by atoms with Gasteiger partial charge in [-0.15, -0.1) is 0 Å². The zero-order valence-corrected chi connectivity index (χ0v) is 20.9. The molecule has 9 nitrogen and oxygen atoms in total. The number of hydrogen-bond donors (Lipinski definition) is 3. The summed E-state index contributed by atoms with van der Waals surface area (Å²) in [4.78, 5) is 42.8. The van der Waals surface area contributed by atoms with Gasteiger partial charge in [0.15, 0.2) is 6.10 Å². The third-order valence-corrected chi connectivity index (χ3v) is 6.29. The molecule has 1 aromatic rings. The van der Waals surface area contributed by atoms with Crippen LogP contribution < -0.4 is 16.0 Å². The summed E-state index contributed by atoms with van der Waals surface area (Å²) in [5.74, 6) is 0.00642. The molecule has 3 N–H and O–H groups in total. The van der Waals surface area contributed by atoms with Gasteiger partial charge in [0.05, 0.1) is 6.54 Å². The Morgan fingerprint density at radius 2 is 1.89 bits per heavy atom. The van der Waals surface area contributed by atoms with Gasteiger partial charge in [-0.05, 0) is 57.2 Å². The van der Waals surface area contributed by atoms with Crippen molar-refractivity contribution >= 4 is 23.8 Å². The molecule has 36 heavy (non-hydrogen) atoms. The van der Waals surface area contributed by atoms with Crippen molar-refractivity contribution in [3.63, 3.8) is 0 Å². The second-order valence-corrected chi connectivity index (χ2v) is 10.7. The first kappa shape index (κ1) is 27.5. The van der Waals surface area contributed by atoms with E-state index in [0.717, 1.165) is 30.6 Å². The normalized spacial score (nSPS) is 23.6. The lowest BCUT2D eigenvalue weighted by molar-refractivity contribution is -0.149. The highest BCUT2D eigenvalue weighted by Crippen LogP contribution is 2.32. The fraction of sp³-hybridized carbons (Fsp3) is 0.667. The summed E-state index contributed by atoms with van der Waals surface area (Å²) in [6.07, 6.45) is -1.55. The molecule has 1 aliphatic carbocycles. The molecule has 12 heteroatoms. The molecule has 3 rings (SSSR count). The number of carbonyl (C=O) groups excluding carboxylic acids is 3. The van der Waals surface area contributed by atoms with Crippen molar-refractivity contribution in [1.29, 1.82) is 0 Å². The number of halogens is 3. The minimum Gasteiger partial charge on any atom is -0.436 e. The third kappa shape index (κ3) is 7.72. The molecule has 0 bridgehead atoms. The number of urea groups is 1. The van der Waals surface area contributed by atoms with Crippen LogP contribution in [0.4, 0.5) is 28.6 Å². The SMILES string of the molecule is CC1CCC([C@H](OC(=O)NC(C)(C)C)C(=O)Nc2cc(CN3C[C@@H](C(F)(F)F)NC3=O)ccn2)CC1. The lowest BCUT2D eigenvalue weighted by atomic mass is 9.80. The van der Waals surface area contributed by atoms with E-state index in [9.17, 15) is 27.6 Å². The molecule has 2 heterocycles. The van der Waals surface area contributed by atoms with Crippen LogP contribution in [-0.2, 0) is 16.1 Å². The molecule has 1 aliphatic heterocycles. The molecule has 2 atom stereocenters. The van der Waals surface area contributed by atoms with Crippen LogP contribution in [0.15, 0.2) is 18.3 Å². The highest BCUT2D eigenvalue weighted by Gasteiger charge is 2.46. The topological polar surface area (TPSA) is 113 Å². The standard InChI is InChI=1S/C24H34F3N5O4/c1-14-5-7-16(8-6-14)19(36-22(35)31-23(2,3)4)20(33)30-18-11-15(9-10-28-18)12-32-13-17(24(25,26)27)29-21(32)34/h9-11,14,16-17,19H,5-8,12-13H2,1-4H3,(H,29,34)(H,31,35)(H,28,30,33)/t14?,16?,17-,19-/m0/s1. The van der Waals surface area contributed by atoms with Gasteiger partial charge in [-0.2, -0.15) is 13.2 Å². The van der Waals surface area contributed by atoms with Crippen molar-refractivity contribution in [2.75, 3.05) is 11.9 Å². The maximum absolute atomic E-state index is 13.2. The Morgan fingerprint density at radius 1 is 1.22 bits per heavy atom. The Hall–Kier alpha value is -3.05. The zero-order chi connectivity index (χ0) is 26.7. The van der Waals surface area contributed by atoms with Crippen molar-refractivity contribution in [3.8, 4) is 0 Å². The molecule has 4 amide bonds. The number of aromatic nitrogens is 1. The Labute approximate surface area is 208 Å². The van der Waals surface area contributed by atoms with Crippen LogP contribution in [0, 0.1) is 11.8 Å². The van der Waals surface area contributed by atoms with Gasteiger partial charge < -0.3 is 25.6 Å². The molecular formula is C24H34F3N5O4. The van der Waals surface area contributed by atoms with Crippen LogP contribution in [0.5, 0.6) is 0 Å². The Bertz CT molecular complexity index is 958. The smallest absolute Gasteiger partial charge is 0.410 e. The van der Waals surface area contributed by atoms with Gasteiger partial charge in [-0.25, -0.2) is 14.6 Å². The van der Waals surface area contributed by atoms with E-state index < -0.39 is 48.4 Å². The molecular weight excluding hydrogens is 479 g/mol. The van der Waals surface area contributed by atoms with Crippen LogP contribution in [0.1, 0.15) is 58.9 Å². The summed E-state index contributed by atoms with van der Waals surface area (Å²) < 4.78 is 44.4. The third-order valence-electron chi connectivity index (χ3n) is 6.29. The summed E-state index contributed by atoms with van der Waals surface area (Å²) in [5.41, 5.74) is -0.0464. The number of hydrogen-bond acceptors (Lipinski definition) is 5. The van der Waals surface area contributed by atoms with Crippen molar-refractivity contribution in [2.24, 2.45) is 11.8 Å². The number of rotatable bonds is 6. The van der Waals surface area contributed by atoms with Crippen molar-refractivity contribution in [2.45, 2.75) is 83.8 Å². The monoisotopic (exact) mass is 513 g/mol. The minimum absolute atomic E-state index is 0.0851. The average Bonchev–Trinajstić information content (AvgIpc) is 3.12. The lowest BCUT2D eigenvalue weighted by Crippen LogP contribution is -2.47. The van der Waals surface area contributed by atoms with Crippen LogP contribution in [-0.4, -0.2) is 58.3 Å². The van der Waals surface area contributed by atoms with Crippen LogP contribution in [0.25, 0.3) is 0 Å². The van der Waals surface area contributed by atoms with E-state index in [-0.39, 0.29) is 18.3 Å². The summed E-state index contributed by atoms with van der Waals surface area (Å²) in [6, 6.07) is 0.296. The Balaban J connectivity index is 1.69. The van der Waals surface area contributed by atoms with Crippen molar-refractivity contribution < 1.29 is 32.3 Å². The number of alkyl carbamates (subject to hydrolysis) is 1. The van der Waals surface area contributed by atoms with Gasteiger partial charge >= 0.3 is 18.3 Å². The molecule has 0 spiro atoms. The predicted molar refractivity (Wildman–Crippen MR) is 126 cm³/mol. The van der Waals surface area contributed by atoms with Crippen LogP contribution >= 0.6 is 0 Å². The van der Waals surface area contributed by atoms with Gasteiger partial charge in [-0.3, -0.25) is 4.79 Å². The number of anilines is 1. The van der Waals surface area contributed by atoms with Crippen LogP contribution in [0.3, 0.4) is 0 Å². The second-order valence-electron chi connectivity index (χ2n) is 10.7. The van der Waals surface area contributed by atoms with E-state index >= 15 is 0 Å². The van der Waals surface area contributed by atoms with Gasteiger partial charge in [0.25, 0.3) is 5.91 Å². The first-order valence-corrected chi connectivity index (χ1v) is 12.1. The molecule has 2 fully saturated rings. The molecule has 1 aromatic heterocycles. The maximum Gasteiger partial charge on any atom is 0.410 e. The molecule has 0 unspecified atom stereocenters. The van der Waals surface area contributed by atoms with Gasteiger partial charge in [-0.1, -0.05) is 19.8 Å². The number of ether oxygens (including phenoxy) is 1. The second kappa shape index (κ2) is 10.9. The molecule has 2 aliphatic rings. The van der Waals surface area contributed by atoms with Gasteiger partial charge in [0.1, 0.15) is 11.9 Å². The Morgan fingerprint density at radius 3 is 2.47 bits per heavy atom. The Kier molecular flexibility index (Phi) is 8.35. The number of amides is 4. The van der Waals surface area contributed by atoms with E-state index in [1.165, 1.54) is 12.3 Å². The first-order chi connectivity index (χ1) is 16.7. The highest BCUT2D eigenvalue weighted by atomic mass is 19.4. The number of alkyl halides is 3. The fourth-order valence-corrected chi connectivity index (χ4v) is 4.37. The number of carbonyl (C=O) groups is 3. The van der Waals surface area contributed by atoms with Crippen molar-refractivity contribution in [1.82, 2.24) is 20.5 Å². The largest absolute Gasteiger partial charge is 0.436 e. The number of pyridine rings is 1. The zero-order valence-electron chi connectivity index (χ0n) is 20.9. The lowest BCUT2D eigenvalue weighted by Gasteiger charge is -2.32. The van der Waals surface area contributed by atoms with Gasteiger partial charge in [0, 0.05) is 24.2 Å². The van der Waals surface area contributed by atoms with Crippen molar-refractivity contribution in [3.05, 3.63) is 23.9 Å². The van der Waals surface area contributed by atoms with E-state index in [1.54, 1.807) is 26.8 Å². The summed E-state index contributed by atoms with van der Waals surface area (Å²) >= 11 is 0. The summed E-state index contributed by atoms with van der Waals surface area (Å²) in [7, 11) is 0. The van der Waals surface area contributed by atoms with E-state index in [0.29, 0.717) is 11.5 Å². The highest BCUT2D eigenvalue weighted by molar-refractivity contribution is 5.94. The molecule has 0 aromatic carbocycles. The van der Waals surface area contributed by atoms with Gasteiger partial charge in [0.2, 0.25) is 0 Å². The number of nitrogens with zero attached hydrogens (tertiary/aromatic N) is 2. The summed E-state index contributed by atoms with van der Waals surface area (Å²) in [6.45, 7) is 6.96. The minimum atomic E-state index is -4.53. The maximum atomic E-state index is 13.2. The fourth-order valence-electron chi connectivity index (χ4n) is 4.37. The molecule has 1 saturated carbocycles. The molecule has 200 valence electrons. The molecule has 1 saturated heterocycles.